The number of hydrogen-bond donors (Lipinski definition) is 0. The minimum Gasteiger partial charge on any atom is -0.468 e. The van der Waals surface area contributed by atoms with Crippen molar-refractivity contribution in [3.05, 3.63) is 35.2 Å². The summed E-state index contributed by atoms with van der Waals surface area (Å²) < 4.78 is 10.1. The molecule has 0 N–H and O–H groups in total. The van der Waals surface area contributed by atoms with Crippen LogP contribution in [0.1, 0.15) is 31.4 Å². The van der Waals surface area contributed by atoms with Crippen LogP contribution in [0.15, 0.2) is 28.9 Å². The molecule has 0 saturated heterocycles. The number of unbranched alkanes of at least 4 members (excludes halogenated alkanes) is 3. The molecule has 0 aliphatic heterocycles. The zero-order chi connectivity index (χ0) is 13.5. The van der Waals surface area contributed by atoms with Crippen LogP contribution in [-0.4, -0.2) is 13.1 Å². The molecule has 101 valence electrons. The Labute approximate surface area is 117 Å². The highest BCUT2D eigenvalue weighted by molar-refractivity contribution is 6.31. The first-order chi connectivity index (χ1) is 9.31. The second kappa shape index (κ2) is 7.19. The fourth-order valence-corrected chi connectivity index (χ4v) is 2.29. The SMILES string of the molecule is O=[C]OCCCCCCc1occ2ccc(Cl)cc12. The van der Waals surface area contributed by atoms with Crippen LogP contribution in [0.25, 0.3) is 10.8 Å². The van der Waals surface area contributed by atoms with Crippen molar-refractivity contribution in [2.75, 3.05) is 6.61 Å². The van der Waals surface area contributed by atoms with Crippen molar-refractivity contribution in [2.45, 2.75) is 32.1 Å². The highest BCUT2D eigenvalue weighted by Gasteiger charge is 2.06. The number of halogens is 1. The molecule has 0 bridgehead atoms. The molecule has 4 heteroatoms. The van der Waals surface area contributed by atoms with Gasteiger partial charge < -0.3 is 9.15 Å². The van der Waals surface area contributed by atoms with E-state index in [0.29, 0.717) is 6.61 Å². The summed E-state index contributed by atoms with van der Waals surface area (Å²) in [5, 5.41) is 2.93. The number of hydrogen-bond acceptors (Lipinski definition) is 3. The number of furan rings is 1. The molecule has 0 aliphatic rings. The Hall–Kier alpha value is -1.48. The van der Waals surface area contributed by atoms with Crippen LogP contribution in [0.4, 0.5) is 0 Å². The quantitative estimate of drug-likeness (QED) is 0.677. The van der Waals surface area contributed by atoms with Crippen molar-refractivity contribution in [1.29, 1.82) is 0 Å². The van der Waals surface area contributed by atoms with E-state index < -0.39 is 0 Å². The summed E-state index contributed by atoms with van der Waals surface area (Å²) in [5.41, 5.74) is 0. The molecule has 19 heavy (non-hydrogen) atoms. The average molecular weight is 280 g/mol. The van der Waals surface area contributed by atoms with Gasteiger partial charge in [0.05, 0.1) is 12.9 Å². The van der Waals surface area contributed by atoms with Crippen LogP contribution in [0.2, 0.25) is 5.02 Å². The first-order valence-electron chi connectivity index (χ1n) is 6.46. The standard InChI is InChI=1S/C15H16ClO3/c16-13-7-6-12-10-19-15(14(12)9-13)5-3-1-2-4-8-18-11-17/h6-7,9-10H,1-5,8H2. The fraction of sp³-hybridized carbons (Fsp3) is 0.400. The number of carbonyl (C=O) groups excluding carboxylic acids is 1. The molecule has 0 unspecified atom stereocenters. The Morgan fingerprint density at radius 1 is 1.21 bits per heavy atom. The van der Waals surface area contributed by atoms with Gasteiger partial charge in [0.25, 0.3) is 0 Å². The Morgan fingerprint density at radius 3 is 2.89 bits per heavy atom. The van der Waals surface area contributed by atoms with E-state index in [-0.39, 0.29) is 0 Å². The molecule has 2 aromatic rings. The van der Waals surface area contributed by atoms with Crippen LogP contribution >= 0.6 is 11.6 Å². The topological polar surface area (TPSA) is 39.4 Å². The van der Waals surface area contributed by atoms with Crippen molar-refractivity contribution < 1.29 is 13.9 Å². The largest absolute Gasteiger partial charge is 0.468 e. The highest BCUT2D eigenvalue weighted by Crippen LogP contribution is 2.25. The molecule has 0 amide bonds. The third-order valence-electron chi connectivity index (χ3n) is 3.10. The third kappa shape index (κ3) is 4.00. The lowest BCUT2D eigenvalue weighted by Crippen LogP contribution is -1.92. The lowest BCUT2D eigenvalue weighted by Gasteiger charge is -2.00. The normalized spacial score (nSPS) is 10.8. The van der Waals surface area contributed by atoms with Gasteiger partial charge in [-0.2, -0.15) is 0 Å². The minimum atomic E-state index is 0.461. The predicted molar refractivity (Wildman–Crippen MR) is 75.0 cm³/mol. The molecule has 0 saturated carbocycles. The monoisotopic (exact) mass is 279 g/mol. The van der Waals surface area contributed by atoms with Gasteiger partial charge in [0.2, 0.25) is 0 Å². The average Bonchev–Trinajstić information content (AvgIpc) is 2.80. The minimum absolute atomic E-state index is 0.461. The zero-order valence-corrected chi connectivity index (χ0v) is 11.4. The molecular weight excluding hydrogens is 264 g/mol. The molecule has 1 heterocycles. The Kier molecular flexibility index (Phi) is 5.28. The van der Waals surface area contributed by atoms with E-state index in [0.717, 1.165) is 53.7 Å². The van der Waals surface area contributed by atoms with Gasteiger partial charge in [-0.25, -0.2) is 4.79 Å². The molecule has 1 aromatic carbocycles. The van der Waals surface area contributed by atoms with Gasteiger partial charge in [0.15, 0.2) is 0 Å². The third-order valence-corrected chi connectivity index (χ3v) is 3.34. The van der Waals surface area contributed by atoms with E-state index in [2.05, 4.69) is 4.74 Å². The second-order valence-corrected chi connectivity index (χ2v) is 4.92. The van der Waals surface area contributed by atoms with Gasteiger partial charge in [-0.15, -0.1) is 0 Å². The molecule has 2 rings (SSSR count). The van der Waals surface area contributed by atoms with E-state index in [1.165, 1.54) is 6.47 Å². The Bertz CT molecular complexity index is 533. The molecule has 1 aromatic heterocycles. The van der Waals surface area contributed by atoms with E-state index in [4.69, 9.17) is 16.0 Å². The first-order valence-corrected chi connectivity index (χ1v) is 6.83. The van der Waals surface area contributed by atoms with Crippen molar-refractivity contribution >= 4 is 28.8 Å². The van der Waals surface area contributed by atoms with Crippen molar-refractivity contribution in [1.82, 2.24) is 0 Å². The molecule has 0 aliphatic carbocycles. The highest BCUT2D eigenvalue weighted by atomic mass is 35.5. The maximum Gasteiger partial charge on any atom is 0.417 e. The lowest BCUT2D eigenvalue weighted by atomic mass is 10.1. The lowest BCUT2D eigenvalue weighted by molar-refractivity contribution is 0.268. The Morgan fingerprint density at radius 2 is 2.05 bits per heavy atom. The van der Waals surface area contributed by atoms with Gasteiger partial charge in [0.1, 0.15) is 5.76 Å². The van der Waals surface area contributed by atoms with Crippen LogP contribution in [0.3, 0.4) is 0 Å². The molecule has 0 spiro atoms. The Balaban J connectivity index is 1.78. The number of fused-ring (bicyclic) bond motifs is 1. The summed E-state index contributed by atoms with van der Waals surface area (Å²) in [6.45, 7) is 1.89. The van der Waals surface area contributed by atoms with E-state index in [1.54, 1.807) is 6.26 Å². The smallest absolute Gasteiger partial charge is 0.417 e. The summed E-state index contributed by atoms with van der Waals surface area (Å²) in [7, 11) is 0. The van der Waals surface area contributed by atoms with Crippen molar-refractivity contribution in [3.63, 3.8) is 0 Å². The summed E-state index contributed by atoms with van der Waals surface area (Å²) in [4.78, 5) is 9.83. The van der Waals surface area contributed by atoms with Gasteiger partial charge in [-0.1, -0.05) is 24.4 Å². The summed E-state index contributed by atoms with van der Waals surface area (Å²) in [6.07, 6.45) is 6.76. The molecule has 0 fully saturated rings. The summed E-state index contributed by atoms with van der Waals surface area (Å²) in [6, 6.07) is 5.79. The predicted octanol–water partition coefficient (Wildman–Crippen LogP) is 4.27. The van der Waals surface area contributed by atoms with E-state index in [9.17, 15) is 4.79 Å². The maximum atomic E-state index is 9.83. The van der Waals surface area contributed by atoms with Crippen molar-refractivity contribution in [2.24, 2.45) is 0 Å². The first kappa shape index (κ1) is 13.9. The number of benzene rings is 1. The van der Waals surface area contributed by atoms with Crippen LogP contribution in [0, 0.1) is 0 Å². The maximum absolute atomic E-state index is 9.83. The number of rotatable bonds is 8. The molecular formula is C15H16ClO3. The number of ether oxygens (including phenoxy) is 1. The van der Waals surface area contributed by atoms with Crippen LogP contribution in [0.5, 0.6) is 0 Å². The molecule has 0 atom stereocenters. The number of aryl methyl sites for hydroxylation is 1. The van der Waals surface area contributed by atoms with Crippen molar-refractivity contribution in [3.8, 4) is 0 Å². The summed E-state index contributed by atoms with van der Waals surface area (Å²) >= 11 is 5.99. The fourth-order valence-electron chi connectivity index (χ4n) is 2.12. The van der Waals surface area contributed by atoms with E-state index >= 15 is 0 Å². The van der Waals surface area contributed by atoms with Crippen LogP contribution in [-0.2, 0) is 16.0 Å². The second-order valence-electron chi connectivity index (χ2n) is 4.49. The molecule has 3 nitrogen and oxygen atoms in total. The zero-order valence-electron chi connectivity index (χ0n) is 10.7. The van der Waals surface area contributed by atoms with E-state index in [1.807, 2.05) is 18.2 Å². The summed E-state index contributed by atoms with van der Waals surface area (Å²) in [5.74, 6) is 0.995. The van der Waals surface area contributed by atoms with Gasteiger partial charge >= 0.3 is 6.47 Å². The van der Waals surface area contributed by atoms with Gasteiger partial charge in [-0.3, -0.25) is 0 Å². The molecule has 1 radical (unpaired) electrons. The van der Waals surface area contributed by atoms with Gasteiger partial charge in [-0.05, 0) is 31.0 Å². The van der Waals surface area contributed by atoms with Gasteiger partial charge in [0, 0.05) is 22.2 Å². The van der Waals surface area contributed by atoms with Crippen LogP contribution < -0.4 is 0 Å².